The van der Waals surface area contributed by atoms with Crippen LogP contribution in [0.2, 0.25) is 0 Å². The molecule has 0 bridgehead atoms. The first kappa shape index (κ1) is 11.0. The molecule has 0 aliphatic heterocycles. The normalized spacial score (nSPS) is 23.8. The van der Waals surface area contributed by atoms with Crippen LogP contribution in [-0.4, -0.2) is 19.5 Å². The van der Waals surface area contributed by atoms with E-state index < -0.39 is 0 Å². The van der Waals surface area contributed by atoms with E-state index in [2.05, 4.69) is 41.0 Å². The molecule has 1 aliphatic rings. The van der Waals surface area contributed by atoms with Crippen molar-refractivity contribution < 1.29 is 0 Å². The average molecular weight is 196 g/mol. The molecule has 0 N–H and O–H groups in total. The molecule has 0 spiro atoms. The fourth-order valence-electron chi connectivity index (χ4n) is 2.04. The van der Waals surface area contributed by atoms with Crippen molar-refractivity contribution >= 4 is 7.92 Å². The summed E-state index contributed by atoms with van der Waals surface area (Å²) in [6, 6.07) is 0. The van der Waals surface area contributed by atoms with E-state index >= 15 is 0 Å². The highest BCUT2D eigenvalue weighted by Crippen LogP contribution is 2.41. The lowest BCUT2D eigenvalue weighted by Crippen LogP contribution is -2.00. The van der Waals surface area contributed by atoms with Crippen molar-refractivity contribution in [2.24, 2.45) is 5.92 Å². The summed E-state index contributed by atoms with van der Waals surface area (Å²) in [6.45, 7) is 13.9. The van der Waals surface area contributed by atoms with Crippen molar-refractivity contribution in [1.82, 2.24) is 0 Å². The Labute approximate surface area is 83.9 Å². The molecule has 74 valence electrons. The minimum atomic E-state index is 0.213. The van der Waals surface area contributed by atoms with E-state index in [4.69, 9.17) is 0 Å². The second-order valence-corrected chi connectivity index (χ2v) is 6.89. The third-order valence-electron chi connectivity index (χ3n) is 3.29. The minimum absolute atomic E-state index is 0.213. The van der Waals surface area contributed by atoms with Gasteiger partial charge >= 0.3 is 0 Å². The van der Waals surface area contributed by atoms with Gasteiger partial charge in [-0.1, -0.05) is 18.1 Å². The minimum Gasteiger partial charge on any atom is -0.109 e. The van der Waals surface area contributed by atoms with Crippen molar-refractivity contribution in [2.75, 3.05) is 19.5 Å². The molecule has 0 aromatic carbocycles. The SMILES string of the molecule is CC1=C(C)C(C)C(CP(C)C)=C1C. The van der Waals surface area contributed by atoms with Crippen LogP contribution in [0, 0.1) is 5.92 Å². The Hall–Kier alpha value is -0.0900. The van der Waals surface area contributed by atoms with Gasteiger partial charge in [-0.3, -0.25) is 0 Å². The van der Waals surface area contributed by atoms with Gasteiger partial charge < -0.3 is 0 Å². The van der Waals surface area contributed by atoms with Gasteiger partial charge in [-0.2, -0.15) is 0 Å². The van der Waals surface area contributed by atoms with Gasteiger partial charge in [-0.05, 0) is 57.3 Å². The molecule has 0 aromatic rings. The van der Waals surface area contributed by atoms with Gasteiger partial charge in [0.2, 0.25) is 0 Å². The van der Waals surface area contributed by atoms with Gasteiger partial charge in [-0.25, -0.2) is 0 Å². The molecule has 1 heteroatoms. The van der Waals surface area contributed by atoms with E-state index in [1.54, 1.807) is 22.3 Å². The van der Waals surface area contributed by atoms with E-state index in [0.29, 0.717) is 5.92 Å². The molecule has 1 rings (SSSR count). The van der Waals surface area contributed by atoms with Crippen LogP contribution in [0.1, 0.15) is 27.7 Å². The van der Waals surface area contributed by atoms with Crippen LogP contribution in [0.15, 0.2) is 22.3 Å². The standard InChI is InChI=1S/C12H21P/c1-8-9(2)11(4)12(10(8)3)7-13(5)6/h10H,7H2,1-6H3. The van der Waals surface area contributed by atoms with Crippen LogP contribution in [-0.2, 0) is 0 Å². The first-order chi connectivity index (χ1) is 5.95. The van der Waals surface area contributed by atoms with Gasteiger partial charge in [0.15, 0.2) is 0 Å². The number of allylic oxidation sites excluding steroid dienone is 4. The summed E-state index contributed by atoms with van der Waals surface area (Å²) in [5.74, 6) is 0.713. The second kappa shape index (κ2) is 3.96. The van der Waals surface area contributed by atoms with Crippen LogP contribution >= 0.6 is 7.92 Å². The van der Waals surface area contributed by atoms with Gasteiger partial charge in [0.05, 0.1) is 0 Å². The molecule has 13 heavy (non-hydrogen) atoms. The van der Waals surface area contributed by atoms with E-state index in [9.17, 15) is 0 Å². The van der Waals surface area contributed by atoms with Gasteiger partial charge in [0.25, 0.3) is 0 Å². The zero-order valence-electron chi connectivity index (χ0n) is 9.73. The lowest BCUT2D eigenvalue weighted by Gasteiger charge is -2.14. The summed E-state index contributed by atoms with van der Waals surface area (Å²) in [5, 5.41) is 0. The molecule has 0 aromatic heterocycles. The molecule has 0 fully saturated rings. The van der Waals surface area contributed by atoms with E-state index in [-0.39, 0.29) is 7.92 Å². The van der Waals surface area contributed by atoms with Crippen LogP contribution in [0.4, 0.5) is 0 Å². The first-order valence-corrected chi connectivity index (χ1v) is 7.39. The molecular formula is C12H21P. The molecule has 0 radical (unpaired) electrons. The number of rotatable bonds is 2. The zero-order chi connectivity index (χ0) is 10.2. The highest BCUT2D eigenvalue weighted by molar-refractivity contribution is 7.56. The Morgan fingerprint density at radius 1 is 1.08 bits per heavy atom. The maximum absolute atomic E-state index is 2.37. The highest BCUT2D eigenvalue weighted by Gasteiger charge is 2.23. The molecule has 0 saturated heterocycles. The van der Waals surface area contributed by atoms with E-state index in [0.717, 1.165) is 0 Å². The predicted molar refractivity (Wildman–Crippen MR) is 63.9 cm³/mol. The summed E-state index contributed by atoms with van der Waals surface area (Å²) in [6.07, 6.45) is 1.33. The molecule has 0 heterocycles. The highest BCUT2D eigenvalue weighted by atomic mass is 31.1. The molecule has 0 nitrogen and oxygen atoms in total. The van der Waals surface area contributed by atoms with Crippen molar-refractivity contribution in [3.8, 4) is 0 Å². The van der Waals surface area contributed by atoms with E-state index in [1.807, 2.05) is 0 Å². The molecule has 0 amide bonds. The fraction of sp³-hybridized carbons (Fsp3) is 0.667. The van der Waals surface area contributed by atoms with Gasteiger partial charge in [0.1, 0.15) is 0 Å². The summed E-state index contributed by atoms with van der Waals surface area (Å²) in [5.41, 5.74) is 6.40. The lowest BCUT2D eigenvalue weighted by atomic mass is 10.00. The van der Waals surface area contributed by atoms with Crippen LogP contribution in [0.25, 0.3) is 0 Å². The average Bonchev–Trinajstić information content (AvgIpc) is 2.22. The summed E-state index contributed by atoms with van der Waals surface area (Å²) in [4.78, 5) is 0. The molecule has 1 atom stereocenters. The lowest BCUT2D eigenvalue weighted by molar-refractivity contribution is 0.817. The quantitative estimate of drug-likeness (QED) is 0.585. The maximum Gasteiger partial charge on any atom is -0.000903 e. The smallest absolute Gasteiger partial charge is 0.000903 e. The topological polar surface area (TPSA) is 0 Å². The Morgan fingerprint density at radius 3 is 1.92 bits per heavy atom. The van der Waals surface area contributed by atoms with Crippen molar-refractivity contribution in [2.45, 2.75) is 27.7 Å². The van der Waals surface area contributed by atoms with Crippen LogP contribution in [0.3, 0.4) is 0 Å². The summed E-state index contributed by atoms with van der Waals surface area (Å²) >= 11 is 0. The van der Waals surface area contributed by atoms with Gasteiger partial charge in [0, 0.05) is 0 Å². The molecular weight excluding hydrogens is 175 g/mol. The second-order valence-electron chi connectivity index (χ2n) is 4.42. The number of hydrogen-bond donors (Lipinski definition) is 0. The Kier molecular flexibility index (Phi) is 3.35. The summed E-state index contributed by atoms with van der Waals surface area (Å²) in [7, 11) is 0.213. The summed E-state index contributed by atoms with van der Waals surface area (Å²) < 4.78 is 0. The Balaban J connectivity index is 2.90. The van der Waals surface area contributed by atoms with E-state index in [1.165, 1.54) is 6.16 Å². The van der Waals surface area contributed by atoms with Crippen molar-refractivity contribution in [1.29, 1.82) is 0 Å². The van der Waals surface area contributed by atoms with Crippen LogP contribution in [0.5, 0.6) is 0 Å². The maximum atomic E-state index is 2.37. The molecule has 0 saturated carbocycles. The zero-order valence-corrected chi connectivity index (χ0v) is 10.6. The Morgan fingerprint density at radius 2 is 1.62 bits per heavy atom. The van der Waals surface area contributed by atoms with Crippen LogP contribution < -0.4 is 0 Å². The largest absolute Gasteiger partial charge is 0.109 e. The molecule has 1 unspecified atom stereocenters. The third kappa shape index (κ3) is 2.05. The molecule has 1 aliphatic carbocycles. The number of hydrogen-bond acceptors (Lipinski definition) is 0. The third-order valence-corrected chi connectivity index (χ3v) is 4.27. The van der Waals surface area contributed by atoms with Crippen molar-refractivity contribution in [3.63, 3.8) is 0 Å². The Bertz CT molecular complexity index is 269. The fourth-order valence-corrected chi connectivity index (χ4v) is 3.24. The van der Waals surface area contributed by atoms with Crippen molar-refractivity contribution in [3.05, 3.63) is 22.3 Å². The monoisotopic (exact) mass is 196 g/mol. The first-order valence-electron chi connectivity index (χ1n) is 4.97. The predicted octanol–water partition coefficient (Wildman–Crippen LogP) is 4.03. The van der Waals surface area contributed by atoms with Gasteiger partial charge in [-0.15, -0.1) is 7.92 Å².